The summed E-state index contributed by atoms with van der Waals surface area (Å²) in [6, 6.07) is 22.0. The molecule has 0 spiro atoms. The van der Waals surface area contributed by atoms with E-state index < -0.39 is 23.2 Å². The highest BCUT2D eigenvalue weighted by Crippen LogP contribution is 2.64. The van der Waals surface area contributed by atoms with Gasteiger partial charge in [0, 0.05) is 11.3 Å². The summed E-state index contributed by atoms with van der Waals surface area (Å²) in [5.74, 6) is -2.92. The standard InChI is InChI=1S/C26H19NO4/c1-26-18-8-4-2-6-16(18)20(17-7-3-5-9-19(17)26)21-22(26)24(29)27(23(21)28)15-12-10-14(11-13-15)25(30)31/h2-13,20-22H,1H3,(H,30,31)/p-1/t20?,21-,22+,26?/m1/s1. The molecule has 4 aliphatic rings. The summed E-state index contributed by atoms with van der Waals surface area (Å²) in [6.45, 7) is 2.07. The van der Waals surface area contributed by atoms with Gasteiger partial charge in [0.25, 0.3) is 0 Å². The first-order valence-corrected chi connectivity index (χ1v) is 10.3. The van der Waals surface area contributed by atoms with Gasteiger partial charge in [0.05, 0.1) is 23.5 Å². The van der Waals surface area contributed by atoms with E-state index in [1.807, 2.05) is 24.3 Å². The molecule has 152 valence electrons. The number of carbonyl (C=O) groups is 3. The van der Waals surface area contributed by atoms with Crippen LogP contribution in [0.3, 0.4) is 0 Å². The third-order valence-corrected chi connectivity index (χ3v) is 7.40. The lowest BCUT2D eigenvalue weighted by Gasteiger charge is -2.52. The molecule has 0 unspecified atom stereocenters. The minimum Gasteiger partial charge on any atom is -0.545 e. The van der Waals surface area contributed by atoms with Crippen LogP contribution in [-0.4, -0.2) is 17.8 Å². The Bertz CT molecular complexity index is 1250. The number of rotatable bonds is 2. The summed E-state index contributed by atoms with van der Waals surface area (Å²) in [5.41, 5.74) is 4.22. The molecule has 0 saturated carbocycles. The van der Waals surface area contributed by atoms with Crippen LogP contribution >= 0.6 is 0 Å². The highest BCUT2D eigenvalue weighted by molar-refractivity contribution is 6.23. The molecular formula is C26H18NO4-. The van der Waals surface area contributed by atoms with Gasteiger partial charge in [-0.2, -0.15) is 0 Å². The van der Waals surface area contributed by atoms with E-state index in [1.54, 1.807) is 0 Å². The van der Waals surface area contributed by atoms with Crippen LogP contribution in [-0.2, 0) is 15.0 Å². The Hall–Kier alpha value is -3.73. The van der Waals surface area contributed by atoms with Gasteiger partial charge < -0.3 is 9.90 Å². The summed E-state index contributed by atoms with van der Waals surface area (Å²) < 4.78 is 0. The molecule has 5 heteroatoms. The maximum absolute atomic E-state index is 13.8. The zero-order valence-corrected chi connectivity index (χ0v) is 16.7. The second-order valence-electron chi connectivity index (χ2n) is 8.70. The van der Waals surface area contributed by atoms with Gasteiger partial charge in [0.2, 0.25) is 11.8 Å². The van der Waals surface area contributed by atoms with E-state index >= 15 is 0 Å². The number of carboxylic acid groups (broad SMARTS) is 1. The van der Waals surface area contributed by atoms with Gasteiger partial charge in [-0.1, -0.05) is 67.6 Å². The Balaban J connectivity index is 1.55. The Kier molecular flexibility index (Phi) is 3.45. The van der Waals surface area contributed by atoms with E-state index in [-0.39, 0.29) is 23.3 Å². The number of carbonyl (C=O) groups excluding carboxylic acids is 3. The van der Waals surface area contributed by atoms with E-state index in [4.69, 9.17) is 0 Å². The van der Waals surface area contributed by atoms with Crippen LogP contribution in [0.5, 0.6) is 0 Å². The second-order valence-corrected chi connectivity index (χ2v) is 8.70. The molecule has 5 nitrogen and oxygen atoms in total. The number of amides is 2. The van der Waals surface area contributed by atoms with Crippen LogP contribution in [0.2, 0.25) is 0 Å². The fourth-order valence-corrected chi connectivity index (χ4v) is 6.15. The zero-order chi connectivity index (χ0) is 21.5. The molecule has 3 aliphatic carbocycles. The van der Waals surface area contributed by atoms with Crippen molar-refractivity contribution in [3.05, 3.63) is 101 Å². The molecule has 3 aromatic carbocycles. The van der Waals surface area contributed by atoms with E-state index in [0.29, 0.717) is 5.69 Å². The number of aromatic carboxylic acids is 1. The van der Waals surface area contributed by atoms with Crippen molar-refractivity contribution in [1.82, 2.24) is 0 Å². The summed E-state index contributed by atoms with van der Waals surface area (Å²) in [5, 5.41) is 11.1. The smallest absolute Gasteiger partial charge is 0.238 e. The number of hydrogen-bond donors (Lipinski definition) is 0. The van der Waals surface area contributed by atoms with Crippen molar-refractivity contribution >= 4 is 23.5 Å². The predicted octanol–water partition coefficient (Wildman–Crippen LogP) is 2.62. The lowest BCUT2D eigenvalue weighted by molar-refractivity contribution is -0.255. The fourth-order valence-electron chi connectivity index (χ4n) is 6.15. The molecule has 7 rings (SSSR count). The predicted molar refractivity (Wildman–Crippen MR) is 111 cm³/mol. The van der Waals surface area contributed by atoms with E-state index in [0.717, 1.165) is 22.3 Å². The number of imide groups is 1. The Morgan fingerprint density at radius 1 is 0.839 bits per heavy atom. The van der Waals surface area contributed by atoms with Crippen LogP contribution in [0, 0.1) is 11.8 Å². The molecule has 2 bridgehead atoms. The summed E-state index contributed by atoms with van der Waals surface area (Å²) in [4.78, 5) is 39.8. The van der Waals surface area contributed by atoms with Crippen molar-refractivity contribution in [2.45, 2.75) is 18.3 Å². The molecular weight excluding hydrogens is 390 g/mol. The topological polar surface area (TPSA) is 77.5 Å². The second kappa shape index (κ2) is 5.91. The molecule has 3 aromatic rings. The van der Waals surface area contributed by atoms with E-state index in [2.05, 4.69) is 31.2 Å². The minimum absolute atomic E-state index is 0.00658. The van der Waals surface area contributed by atoms with E-state index in [1.165, 1.54) is 29.2 Å². The van der Waals surface area contributed by atoms with Crippen LogP contribution in [0.4, 0.5) is 5.69 Å². The summed E-state index contributed by atoms with van der Waals surface area (Å²) in [7, 11) is 0. The van der Waals surface area contributed by atoms with E-state index in [9.17, 15) is 19.5 Å². The minimum atomic E-state index is -1.30. The zero-order valence-electron chi connectivity index (χ0n) is 16.7. The normalized spacial score (nSPS) is 27.6. The summed E-state index contributed by atoms with van der Waals surface area (Å²) in [6.07, 6.45) is 0. The van der Waals surface area contributed by atoms with Gasteiger partial charge >= 0.3 is 0 Å². The maximum Gasteiger partial charge on any atom is 0.238 e. The van der Waals surface area contributed by atoms with Gasteiger partial charge in [-0.05, 0) is 39.9 Å². The number of benzene rings is 3. The first-order chi connectivity index (χ1) is 14.9. The first kappa shape index (κ1) is 18.1. The monoisotopic (exact) mass is 408 g/mol. The molecule has 0 aromatic heterocycles. The first-order valence-electron chi connectivity index (χ1n) is 10.3. The molecule has 1 saturated heterocycles. The summed E-state index contributed by atoms with van der Waals surface area (Å²) >= 11 is 0. The third-order valence-electron chi connectivity index (χ3n) is 7.40. The van der Waals surface area contributed by atoms with Gasteiger partial charge in [-0.3, -0.25) is 9.59 Å². The van der Waals surface area contributed by atoms with Gasteiger partial charge in [0.15, 0.2) is 0 Å². The van der Waals surface area contributed by atoms with Crippen molar-refractivity contribution in [1.29, 1.82) is 0 Å². The van der Waals surface area contributed by atoms with Crippen molar-refractivity contribution in [3.8, 4) is 0 Å². The van der Waals surface area contributed by atoms with Crippen molar-refractivity contribution in [2.24, 2.45) is 11.8 Å². The largest absolute Gasteiger partial charge is 0.545 e. The third kappa shape index (κ3) is 2.08. The molecule has 2 amide bonds. The maximum atomic E-state index is 13.8. The highest BCUT2D eigenvalue weighted by Gasteiger charge is 2.66. The van der Waals surface area contributed by atoms with Crippen LogP contribution < -0.4 is 10.0 Å². The number of anilines is 1. The molecule has 31 heavy (non-hydrogen) atoms. The lowest BCUT2D eigenvalue weighted by atomic mass is 9.48. The average molecular weight is 408 g/mol. The quantitative estimate of drug-likeness (QED) is 0.611. The van der Waals surface area contributed by atoms with Crippen LogP contribution in [0.25, 0.3) is 0 Å². The Morgan fingerprint density at radius 3 is 1.94 bits per heavy atom. The number of nitrogens with zero attached hydrogens (tertiary/aromatic N) is 1. The fraction of sp³-hybridized carbons (Fsp3) is 0.192. The Morgan fingerprint density at radius 2 is 1.39 bits per heavy atom. The molecule has 1 fully saturated rings. The molecule has 1 heterocycles. The molecule has 1 aliphatic heterocycles. The lowest BCUT2D eigenvalue weighted by Crippen LogP contribution is -2.51. The number of hydrogen-bond acceptors (Lipinski definition) is 4. The van der Waals surface area contributed by atoms with Gasteiger partial charge in [-0.15, -0.1) is 0 Å². The average Bonchev–Trinajstić information content (AvgIpc) is 3.06. The molecule has 0 N–H and O–H groups in total. The molecule has 2 atom stereocenters. The Labute approximate surface area is 178 Å². The highest BCUT2D eigenvalue weighted by atomic mass is 16.4. The van der Waals surface area contributed by atoms with Gasteiger partial charge in [0.1, 0.15) is 0 Å². The van der Waals surface area contributed by atoms with Crippen molar-refractivity contribution in [2.75, 3.05) is 4.90 Å². The van der Waals surface area contributed by atoms with Crippen LogP contribution in [0.1, 0.15) is 45.5 Å². The van der Waals surface area contributed by atoms with Gasteiger partial charge in [-0.25, -0.2) is 4.90 Å². The van der Waals surface area contributed by atoms with Crippen molar-refractivity contribution < 1.29 is 19.5 Å². The molecule has 0 radical (unpaired) electrons. The SMILES string of the molecule is CC12c3ccccc3C(c3ccccc31)[C@H]1C(=O)N(c3ccc(C(=O)[O-])cc3)C(=O)[C@H]12. The van der Waals surface area contributed by atoms with Crippen LogP contribution in [0.15, 0.2) is 72.8 Å². The number of carboxylic acids is 1. The van der Waals surface area contributed by atoms with Crippen molar-refractivity contribution in [3.63, 3.8) is 0 Å².